The summed E-state index contributed by atoms with van der Waals surface area (Å²) in [5.74, 6) is 0.103. The third-order valence-electron chi connectivity index (χ3n) is 3.09. The van der Waals surface area contributed by atoms with Gasteiger partial charge in [0.2, 0.25) is 5.91 Å². The summed E-state index contributed by atoms with van der Waals surface area (Å²) in [6, 6.07) is 0. The van der Waals surface area contributed by atoms with E-state index in [0.29, 0.717) is 0 Å². The number of carbonyl (C=O) groups excluding carboxylic acids is 1. The van der Waals surface area contributed by atoms with Crippen LogP contribution in [-0.2, 0) is 17.4 Å². The van der Waals surface area contributed by atoms with Crippen LogP contribution in [0.25, 0.3) is 0 Å². The minimum atomic E-state index is -0.339. The van der Waals surface area contributed by atoms with Crippen LogP contribution in [0.5, 0.6) is 0 Å². The van der Waals surface area contributed by atoms with Crippen LogP contribution >= 0.6 is 0 Å². The lowest BCUT2D eigenvalue weighted by molar-refractivity contribution is -0.129. The second kappa shape index (κ2) is 3.34. The third kappa shape index (κ3) is 1.84. The fourth-order valence-corrected chi connectivity index (χ4v) is 1.79. The highest BCUT2D eigenvalue weighted by molar-refractivity contribution is 5.82. The quantitative estimate of drug-likeness (QED) is 0.824. The zero-order chi connectivity index (χ0) is 12.0. The molecule has 1 amide bonds. The van der Waals surface area contributed by atoms with Crippen molar-refractivity contribution in [3.8, 4) is 0 Å². The van der Waals surface area contributed by atoms with Crippen LogP contribution in [0.3, 0.4) is 0 Å². The monoisotopic (exact) mass is 221 g/mol. The molecule has 0 bridgehead atoms. The third-order valence-corrected chi connectivity index (χ3v) is 3.09. The second-order valence-electron chi connectivity index (χ2n) is 5.68. The van der Waals surface area contributed by atoms with Gasteiger partial charge in [-0.15, -0.1) is 0 Å². The van der Waals surface area contributed by atoms with Crippen molar-refractivity contribution in [3.05, 3.63) is 18.2 Å². The Labute approximate surface area is 96.1 Å². The molecule has 2 rings (SSSR count). The summed E-state index contributed by atoms with van der Waals surface area (Å²) in [6.07, 6.45) is 5.64. The van der Waals surface area contributed by atoms with Crippen LogP contribution < -0.4 is 5.32 Å². The number of hydrogen-bond acceptors (Lipinski definition) is 2. The number of carbonyl (C=O) groups is 1. The predicted octanol–water partition coefficient (Wildman–Crippen LogP) is 1.57. The van der Waals surface area contributed by atoms with Crippen LogP contribution in [0.15, 0.2) is 12.5 Å². The van der Waals surface area contributed by atoms with Crippen molar-refractivity contribution in [2.45, 2.75) is 39.2 Å². The molecule has 0 saturated heterocycles. The van der Waals surface area contributed by atoms with Gasteiger partial charge in [0, 0.05) is 12.5 Å². The maximum atomic E-state index is 12.0. The first-order valence-electron chi connectivity index (χ1n) is 5.65. The number of imidazole rings is 1. The van der Waals surface area contributed by atoms with E-state index in [9.17, 15) is 4.79 Å². The molecule has 4 nitrogen and oxygen atoms in total. The van der Waals surface area contributed by atoms with Crippen molar-refractivity contribution in [3.63, 3.8) is 0 Å². The summed E-state index contributed by atoms with van der Waals surface area (Å²) in [5, 5.41) is 3.15. The first kappa shape index (κ1) is 11.2. The van der Waals surface area contributed by atoms with E-state index in [1.807, 2.05) is 38.6 Å². The number of nitrogens with one attached hydrogen (secondary N) is 1. The van der Waals surface area contributed by atoms with E-state index in [0.717, 1.165) is 18.5 Å². The van der Waals surface area contributed by atoms with Crippen LogP contribution in [0.4, 0.5) is 0 Å². The predicted molar refractivity (Wildman–Crippen MR) is 61.7 cm³/mol. The highest BCUT2D eigenvalue weighted by Gasteiger charge is 2.48. The Kier molecular flexibility index (Phi) is 2.33. The lowest BCUT2D eigenvalue weighted by Gasteiger charge is -2.24. The topological polar surface area (TPSA) is 46.9 Å². The smallest absolute Gasteiger partial charge is 0.226 e. The SMILES string of the molecule is Cn1cncc1C1(NC(=O)C(C)(C)C)CC1. The molecule has 0 radical (unpaired) electrons. The number of rotatable bonds is 2. The van der Waals surface area contributed by atoms with Crippen molar-refractivity contribution in [2.75, 3.05) is 0 Å². The molecular weight excluding hydrogens is 202 g/mol. The Morgan fingerprint density at radius 2 is 2.12 bits per heavy atom. The van der Waals surface area contributed by atoms with Crippen LogP contribution in [0, 0.1) is 5.41 Å². The molecular formula is C12H19N3O. The Morgan fingerprint density at radius 1 is 1.50 bits per heavy atom. The van der Waals surface area contributed by atoms with Gasteiger partial charge in [0.05, 0.1) is 23.8 Å². The average Bonchev–Trinajstić information content (AvgIpc) is 2.79. The lowest BCUT2D eigenvalue weighted by Crippen LogP contribution is -2.42. The van der Waals surface area contributed by atoms with Crippen molar-refractivity contribution in [1.29, 1.82) is 0 Å². The Hall–Kier alpha value is -1.32. The average molecular weight is 221 g/mol. The molecule has 1 aliphatic carbocycles. The Balaban J connectivity index is 2.17. The standard InChI is InChI=1S/C12H19N3O/c1-11(2,3)10(16)14-12(5-6-12)9-7-13-8-15(9)4/h7-8H,5-6H2,1-4H3,(H,14,16). The maximum absolute atomic E-state index is 12.0. The molecule has 0 spiro atoms. The number of aryl methyl sites for hydroxylation is 1. The zero-order valence-electron chi connectivity index (χ0n) is 10.4. The summed E-state index contributed by atoms with van der Waals surface area (Å²) in [5.41, 5.74) is 0.606. The summed E-state index contributed by atoms with van der Waals surface area (Å²) in [6.45, 7) is 5.80. The van der Waals surface area contributed by atoms with Gasteiger partial charge in [0.1, 0.15) is 0 Å². The largest absolute Gasteiger partial charge is 0.345 e. The molecule has 1 fully saturated rings. The molecule has 1 saturated carbocycles. The van der Waals surface area contributed by atoms with Gasteiger partial charge in [0.15, 0.2) is 0 Å². The fourth-order valence-electron chi connectivity index (χ4n) is 1.79. The maximum Gasteiger partial charge on any atom is 0.226 e. The summed E-state index contributed by atoms with van der Waals surface area (Å²) >= 11 is 0. The van der Waals surface area contributed by atoms with E-state index in [1.165, 1.54) is 0 Å². The summed E-state index contributed by atoms with van der Waals surface area (Å²) in [7, 11) is 1.96. The molecule has 0 atom stereocenters. The van der Waals surface area contributed by atoms with Gasteiger partial charge in [-0.05, 0) is 12.8 Å². The van der Waals surface area contributed by atoms with Gasteiger partial charge in [-0.25, -0.2) is 4.98 Å². The van der Waals surface area contributed by atoms with E-state index >= 15 is 0 Å². The van der Waals surface area contributed by atoms with E-state index in [-0.39, 0.29) is 16.9 Å². The molecule has 1 aliphatic rings. The normalized spacial score (nSPS) is 18.2. The molecule has 88 valence electrons. The molecule has 1 aromatic heterocycles. The molecule has 4 heteroatoms. The number of aromatic nitrogens is 2. The number of amides is 1. The molecule has 1 N–H and O–H groups in total. The Bertz CT molecular complexity index is 410. The number of nitrogens with zero attached hydrogens (tertiary/aromatic N) is 2. The minimum Gasteiger partial charge on any atom is -0.345 e. The van der Waals surface area contributed by atoms with E-state index in [4.69, 9.17) is 0 Å². The first-order valence-corrected chi connectivity index (χ1v) is 5.65. The van der Waals surface area contributed by atoms with Crippen LogP contribution in [0.1, 0.15) is 39.3 Å². The van der Waals surface area contributed by atoms with Crippen molar-refractivity contribution in [1.82, 2.24) is 14.9 Å². The highest BCUT2D eigenvalue weighted by atomic mass is 16.2. The van der Waals surface area contributed by atoms with E-state index < -0.39 is 0 Å². The van der Waals surface area contributed by atoms with Crippen molar-refractivity contribution >= 4 is 5.91 Å². The van der Waals surface area contributed by atoms with E-state index in [2.05, 4.69) is 10.3 Å². The van der Waals surface area contributed by atoms with Crippen molar-refractivity contribution < 1.29 is 4.79 Å². The van der Waals surface area contributed by atoms with Gasteiger partial charge in [-0.1, -0.05) is 20.8 Å². The highest BCUT2D eigenvalue weighted by Crippen LogP contribution is 2.45. The zero-order valence-corrected chi connectivity index (χ0v) is 10.4. The second-order valence-corrected chi connectivity index (χ2v) is 5.68. The molecule has 0 unspecified atom stereocenters. The Morgan fingerprint density at radius 3 is 2.50 bits per heavy atom. The lowest BCUT2D eigenvalue weighted by atomic mass is 9.94. The molecule has 16 heavy (non-hydrogen) atoms. The molecule has 0 aliphatic heterocycles. The molecule has 0 aromatic carbocycles. The van der Waals surface area contributed by atoms with Gasteiger partial charge in [-0.3, -0.25) is 4.79 Å². The van der Waals surface area contributed by atoms with Gasteiger partial charge < -0.3 is 9.88 Å². The van der Waals surface area contributed by atoms with E-state index in [1.54, 1.807) is 6.33 Å². The molecule has 1 aromatic rings. The van der Waals surface area contributed by atoms with Gasteiger partial charge >= 0.3 is 0 Å². The van der Waals surface area contributed by atoms with Gasteiger partial charge in [0.25, 0.3) is 0 Å². The molecule has 1 heterocycles. The summed E-state index contributed by atoms with van der Waals surface area (Å²) < 4.78 is 1.98. The number of hydrogen-bond donors (Lipinski definition) is 1. The van der Waals surface area contributed by atoms with Crippen LogP contribution in [-0.4, -0.2) is 15.5 Å². The summed E-state index contributed by atoms with van der Waals surface area (Å²) in [4.78, 5) is 16.1. The van der Waals surface area contributed by atoms with Crippen molar-refractivity contribution in [2.24, 2.45) is 12.5 Å². The minimum absolute atomic E-state index is 0.103. The first-order chi connectivity index (χ1) is 7.35. The van der Waals surface area contributed by atoms with Gasteiger partial charge in [-0.2, -0.15) is 0 Å². The van der Waals surface area contributed by atoms with Crippen LogP contribution in [0.2, 0.25) is 0 Å². The fraction of sp³-hybridized carbons (Fsp3) is 0.667.